The molecule has 0 spiro atoms. The summed E-state index contributed by atoms with van der Waals surface area (Å²) in [6.07, 6.45) is 1.70. The number of anilines is 2. The molecule has 1 aliphatic rings. The SMILES string of the molecule is Nc1ccccc1CCC(=O)N1CCC(NC(=O)Nc2ccc(F)cc2)C1. The number of nitrogens with two attached hydrogens (primary N) is 1. The van der Waals surface area contributed by atoms with Crippen molar-refractivity contribution in [2.45, 2.75) is 25.3 Å². The van der Waals surface area contributed by atoms with Crippen molar-refractivity contribution in [2.75, 3.05) is 24.1 Å². The lowest BCUT2D eigenvalue weighted by Crippen LogP contribution is -2.40. The van der Waals surface area contributed by atoms with E-state index in [0.717, 1.165) is 5.56 Å². The average Bonchev–Trinajstić information content (AvgIpc) is 3.11. The molecule has 0 bridgehead atoms. The average molecular weight is 370 g/mol. The number of carbonyl (C=O) groups is 2. The number of nitrogens with zero attached hydrogens (tertiary/aromatic N) is 1. The van der Waals surface area contributed by atoms with Gasteiger partial charge in [-0.25, -0.2) is 9.18 Å². The predicted molar refractivity (Wildman–Crippen MR) is 103 cm³/mol. The molecule has 1 fully saturated rings. The summed E-state index contributed by atoms with van der Waals surface area (Å²) in [5, 5.41) is 5.51. The Balaban J connectivity index is 1.43. The Hall–Kier alpha value is -3.09. The molecular formula is C20H23FN4O2. The van der Waals surface area contributed by atoms with Crippen LogP contribution in [-0.2, 0) is 11.2 Å². The zero-order chi connectivity index (χ0) is 19.2. The molecule has 2 aromatic carbocycles. The van der Waals surface area contributed by atoms with Gasteiger partial charge < -0.3 is 21.3 Å². The van der Waals surface area contributed by atoms with E-state index in [2.05, 4.69) is 10.6 Å². The van der Waals surface area contributed by atoms with Gasteiger partial charge in [-0.2, -0.15) is 0 Å². The number of nitrogens with one attached hydrogen (secondary N) is 2. The molecule has 1 atom stereocenters. The van der Waals surface area contributed by atoms with E-state index in [1.165, 1.54) is 24.3 Å². The van der Waals surface area contributed by atoms with Crippen LogP contribution < -0.4 is 16.4 Å². The van der Waals surface area contributed by atoms with Gasteiger partial charge in [0.15, 0.2) is 0 Å². The van der Waals surface area contributed by atoms with Crippen molar-refractivity contribution in [3.8, 4) is 0 Å². The third kappa shape index (κ3) is 5.20. The number of aryl methyl sites for hydroxylation is 1. The Morgan fingerprint density at radius 1 is 1.15 bits per heavy atom. The number of nitrogen functional groups attached to an aromatic ring is 1. The van der Waals surface area contributed by atoms with Gasteiger partial charge in [-0.1, -0.05) is 18.2 Å². The Labute approximate surface area is 157 Å². The highest BCUT2D eigenvalue weighted by Crippen LogP contribution is 2.16. The summed E-state index contributed by atoms with van der Waals surface area (Å²) in [7, 11) is 0. The predicted octanol–water partition coefficient (Wildman–Crippen LogP) is 2.76. The zero-order valence-corrected chi connectivity index (χ0v) is 15.0. The van der Waals surface area contributed by atoms with E-state index in [1.807, 2.05) is 24.3 Å². The van der Waals surface area contributed by atoms with Crippen molar-refractivity contribution in [3.63, 3.8) is 0 Å². The fourth-order valence-electron chi connectivity index (χ4n) is 3.15. The smallest absolute Gasteiger partial charge is 0.319 e. The van der Waals surface area contributed by atoms with Gasteiger partial charge in [-0.15, -0.1) is 0 Å². The van der Waals surface area contributed by atoms with Gasteiger partial charge in [-0.05, 0) is 48.7 Å². The van der Waals surface area contributed by atoms with Crippen molar-refractivity contribution < 1.29 is 14.0 Å². The molecule has 1 saturated heterocycles. The minimum Gasteiger partial charge on any atom is -0.399 e. The Morgan fingerprint density at radius 3 is 2.63 bits per heavy atom. The number of hydrogen-bond donors (Lipinski definition) is 3. The van der Waals surface area contributed by atoms with Gasteiger partial charge in [-0.3, -0.25) is 4.79 Å². The maximum atomic E-state index is 12.9. The molecular weight excluding hydrogens is 347 g/mol. The van der Waals surface area contributed by atoms with Crippen LogP contribution in [-0.4, -0.2) is 36.0 Å². The molecule has 1 unspecified atom stereocenters. The first-order valence-electron chi connectivity index (χ1n) is 8.95. The maximum Gasteiger partial charge on any atom is 0.319 e. The molecule has 0 aliphatic carbocycles. The number of amides is 3. The molecule has 0 radical (unpaired) electrons. The second-order valence-corrected chi connectivity index (χ2v) is 6.63. The first-order valence-corrected chi connectivity index (χ1v) is 8.95. The van der Waals surface area contributed by atoms with Crippen molar-refractivity contribution >= 4 is 23.3 Å². The molecule has 6 nitrogen and oxygen atoms in total. The van der Waals surface area contributed by atoms with Crippen LogP contribution in [0.3, 0.4) is 0 Å². The van der Waals surface area contributed by atoms with Crippen LogP contribution in [0.25, 0.3) is 0 Å². The number of hydrogen-bond acceptors (Lipinski definition) is 3. The summed E-state index contributed by atoms with van der Waals surface area (Å²) in [5.74, 6) is -0.301. The number of likely N-dealkylation sites (tertiary alicyclic amines) is 1. The van der Waals surface area contributed by atoms with Crippen molar-refractivity contribution in [1.29, 1.82) is 0 Å². The summed E-state index contributed by atoms with van der Waals surface area (Å²) in [4.78, 5) is 26.2. The zero-order valence-electron chi connectivity index (χ0n) is 15.0. The molecule has 4 N–H and O–H groups in total. The van der Waals surface area contributed by atoms with Gasteiger partial charge in [0, 0.05) is 36.9 Å². The summed E-state index contributed by atoms with van der Waals surface area (Å²) in [5.41, 5.74) is 8.09. The van der Waals surface area contributed by atoms with Crippen LogP contribution in [0.5, 0.6) is 0 Å². The summed E-state index contributed by atoms with van der Waals surface area (Å²) in [6.45, 7) is 1.10. The highest BCUT2D eigenvalue weighted by atomic mass is 19.1. The van der Waals surface area contributed by atoms with Gasteiger partial charge in [0.1, 0.15) is 5.82 Å². The Morgan fingerprint density at radius 2 is 1.89 bits per heavy atom. The van der Waals surface area contributed by atoms with Crippen molar-refractivity contribution in [2.24, 2.45) is 0 Å². The van der Waals surface area contributed by atoms with Crippen LogP contribution in [0.4, 0.5) is 20.6 Å². The molecule has 1 aliphatic heterocycles. The summed E-state index contributed by atoms with van der Waals surface area (Å²) in [6, 6.07) is 12.6. The number of carbonyl (C=O) groups excluding carboxylic acids is 2. The standard InChI is InChI=1S/C20H23FN4O2/c21-15-6-8-16(9-7-15)23-20(27)24-17-11-12-25(13-17)19(26)10-5-14-3-1-2-4-18(14)22/h1-4,6-9,17H,5,10-13,22H2,(H2,23,24,27). The van der Waals surface area contributed by atoms with E-state index in [4.69, 9.17) is 5.73 Å². The fourth-order valence-corrected chi connectivity index (χ4v) is 3.15. The lowest BCUT2D eigenvalue weighted by Gasteiger charge is -2.17. The van der Waals surface area contributed by atoms with Gasteiger partial charge >= 0.3 is 6.03 Å². The van der Waals surface area contributed by atoms with Crippen LogP contribution in [0.1, 0.15) is 18.4 Å². The van der Waals surface area contributed by atoms with Gasteiger partial charge in [0.05, 0.1) is 0 Å². The molecule has 0 saturated carbocycles. The lowest BCUT2D eigenvalue weighted by atomic mass is 10.1. The first-order chi connectivity index (χ1) is 13.0. The number of benzene rings is 2. The number of para-hydroxylation sites is 1. The van der Waals surface area contributed by atoms with Gasteiger partial charge in [0.25, 0.3) is 0 Å². The van der Waals surface area contributed by atoms with E-state index in [0.29, 0.717) is 43.7 Å². The third-order valence-corrected chi connectivity index (χ3v) is 4.64. The van der Waals surface area contributed by atoms with Gasteiger partial charge in [0.2, 0.25) is 5.91 Å². The van der Waals surface area contributed by atoms with E-state index in [1.54, 1.807) is 4.90 Å². The minimum absolute atomic E-state index is 0.0569. The second-order valence-electron chi connectivity index (χ2n) is 6.63. The molecule has 1 heterocycles. The molecule has 2 aromatic rings. The Bertz CT molecular complexity index is 810. The number of urea groups is 1. The van der Waals surface area contributed by atoms with Crippen LogP contribution in [0.2, 0.25) is 0 Å². The highest BCUT2D eigenvalue weighted by molar-refractivity contribution is 5.89. The number of halogens is 1. The van der Waals surface area contributed by atoms with Crippen molar-refractivity contribution in [3.05, 3.63) is 59.9 Å². The molecule has 142 valence electrons. The largest absolute Gasteiger partial charge is 0.399 e. The number of rotatable bonds is 5. The van der Waals surface area contributed by atoms with E-state index < -0.39 is 0 Å². The third-order valence-electron chi connectivity index (χ3n) is 4.64. The minimum atomic E-state index is -0.363. The maximum absolute atomic E-state index is 12.9. The van der Waals surface area contributed by atoms with E-state index >= 15 is 0 Å². The molecule has 0 aromatic heterocycles. The highest BCUT2D eigenvalue weighted by Gasteiger charge is 2.27. The molecule has 3 rings (SSSR count). The van der Waals surface area contributed by atoms with Crippen molar-refractivity contribution in [1.82, 2.24) is 10.2 Å². The Kier molecular flexibility index (Phi) is 5.90. The normalized spacial score (nSPS) is 16.2. The molecule has 3 amide bonds. The lowest BCUT2D eigenvalue weighted by molar-refractivity contribution is -0.130. The first kappa shape index (κ1) is 18.7. The summed E-state index contributed by atoms with van der Waals surface area (Å²) < 4.78 is 12.9. The van der Waals surface area contributed by atoms with E-state index in [9.17, 15) is 14.0 Å². The van der Waals surface area contributed by atoms with Crippen LogP contribution in [0.15, 0.2) is 48.5 Å². The summed E-state index contributed by atoms with van der Waals surface area (Å²) >= 11 is 0. The van der Waals surface area contributed by atoms with E-state index in [-0.39, 0.29) is 23.8 Å². The topological polar surface area (TPSA) is 87.5 Å². The monoisotopic (exact) mass is 370 g/mol. The van der Waals surface area contributed by atoms with Crippen LogP contribution >= 0.6 is 0 Å². The molecule has 7 heteroatoms. The fraction of sp³-hybridized carbons (Fsp3) is 0.300. The van der Waals surface area contributed by atoms with Crippen LogP contribution in [0, 0.1) is 5.82 Å². The quantitative estimate of drug-likeness (QED) is 0.707. The molecule has 27 heavy (non-hydrogen) atoms. The second kappa shape index (κ2) is 8.53.